The number of carbonyl (C=O) groups is 1. The maximum absolute atomic E-state index is 12.5. The Bertz CT molecular complexity index is 1340. The number of fused-ring (bicyclic) bond motifs is 1. The number of rotatable bonds is 6. The summed E-state index contributed by atoms with van der Waals surface area (Å²) in [6.45, 7) is 11.7. The van der Waals surface area contributed by atoms with E-state index >= 15 is 0 Å². The molecule has 2 aromatic rings. The van der Waals surface area contributed by atoms with Gasteiger partial charge in [-0.1, -0.05) is 35.8 Å². The summed E-state index contributed by atoms with van der Waals surface area (Å²) >= 11 is 12.9. The minimum absolute atomic E-state index is 0.00656. The predicted octanol–water partition coefficient (Wildman–Crippen LogP) is 4.91. The van der Waals surface area contributed by atoms with Crippen molar-refractivity contribution >= 4 is 40.5 Å². The number of hydrogen-bond donors (Lipinski definition) is 0. The molecule has 0 unspecified atom stereocenters. The molecule has 1 amide bonds. The van der Waals surface area contributed by atoms with Gasteiger partial charge in [-0.3, -0.25) is 4.79 Å². The number of likely N-dealkylation sites (tertiary alicyclic amines) is 1. The fourth-order valence-corrected chi connectivity index (χ4v) is 6.64. The van der Waals surface area contributed by atoms with Crippen molar-refractivity contribution in [3.8, 4) is 11.9 Å². The second kappa shape index (κ2) is 11.9. The van der Waals surface area contributed by atoms with Crippen molar-refractivity contribution < 1.29 is 9.53 Å². The van der Waals surface area contributed by atoms with Crippen LogP contribution in [0.4, 0.5) is 11.4 Å². The Labute approximate surface area is 246 Å². The van der Waals surface area contributed by atoms with Crippen molar-refractivity contribution in [2.75, 3.05) is 49.6 Å². The number of nitrogens with zero attached hydrogens (tertiary/aromatic N) is 6. The molecule has 3 atom stereocenters. The Hall–Kier alpha value is -2.99. The summed E-state index contributed by atoms with van der Waals surface area (Å²) in [5.74, 6) is 0.301. The summed E-state index contributed by atoms with van der Waals surface area (Å²) in [6, 6.07) is 8.34. The summed E-state index contributed by atoms with van der Waals surface area (Å²) in [7, 11) is 2.11. The van der Waals surface area contributed by atoms with Gasteiger partial charge in [0, 0.05) is 43.3 Å². The molecular weight excluding hydrogens is 547 g/mol. The average Bonchev–Trinajstić information content (AvgIpc) is 3.37. The van der Waals surface area contributed by atoms with E-state index in [1.165, 1.54) is 6.08 Å². The molecule has 5 rings (SSSR count). The highest BCUT2D eigenvalue weighted by Gasteiger charge is 2.37. The third-order valence-electron chi connectivity index (χ3n) is 8.49. The Kier molecular flexibility index (Phi) is 8.46. The number of nitriles is 1. The third kappa shape index (κ3) is 5.35. The summed E-state index contributed by atoms with van der Waals surface area (Å²) in [4.78, 5) is 26.1. The second-order valence-electron chi connectivity index (χ2n) is 11.1. The molecule has 0 aliphatic carbocycles. The normalized spacial score (nSPS) is 23.1. The lowest BCUT2D eigenvalue weighted by atomic mass is 9.96. The molecule has 4 heterocycles. The van der Waals surface area contributed by atoms with Crippen LogP contribution in [0, 0.1) is 11.3 Å². The molecule has 0 spiro atoms. The number of pyridine rings is 1. The first-order valence-corrected chi connectivity index (χ1v) is 14.7. The second-order valence-corrected chi connectivity index (χ2v) is 11.8. The maximum Gasteiger partial charge on any atom is 0.246 e. The SMILES string of the molecule is C=CC(=O)N1C[C@H](C)N(c2c(C#N)c(OC[C@@H]3CCCN3C)nc3c2CCN(c2cccc(Cl)c2Cl)C3)C[C@H]1C. The fraction of sp³-hybridized carbons (Fsp3) is 0.500. The van der Waals surface area contributed by atoms with Gasteiger partial charge in [0.1, 0.15) is 18.2 Å². The van der Waals surface area contributed by atoms with Crippen molar-refractivity contribution in [2.24, 2.45) is 0 Å². The molecule has 40 heavy (non-hydrogen) atoms. The zero-order valence-electron chi connectivity index (χ0n) is 23.4. The van der Waals surface area contributed by atoms with Gasteiger partial charge in [0.25, 0.3) is 0 Å². The van der Waals surface area contributed by atoms with Gasteiger partial charge in [-0.2, -0.15) is 5.26 Å². The van der Waals surface area contributed by atoms with Crippen LogP contribution in [0.2, 0.25) is 10.0 Å². The zero-order valence-corrected chi connectivity index (χ0v) is 24.9. The topological polar surface area (TPSA) is 75.9 Å². The van der Waals surface area contributed by atoms with Crippen LogP contribution in [0.5, 0.6) is 5.88 Å². The Morgan fingerprint density at radius 1 is 1.25 bits per heavy atom. The fourth-order valence-electron chi connectivity index (χ4n) is 6.23. The van der Waals surface area contributed by atoms with Crippen LogP contribution < -0.4 is 14.5 Å². The van der Waals surface area contributed by atoms with Gasteiger partial charge in [-0.05, 0) is 64.9 Å². The highest BCUT2D eigenvalue weighted by atomic mass is 35.5. The first-order valence-electron chi connectivity index (χ1n) is 13.9. The third-order valence-corrected chi connectivity index (χ3v) is 9.30. The number of anilines is 2. The number of hydrogen-bond acceptors (Lipinski definition) is 7. The number of aromatic nitrogens is 1. The molecule has 0 N–H and O–H groups in total. The summed E-state index contributed by atoms with van der Waals surface area (Å²) in [5, 5.41) is 11.5. The summed E-state index contributed by atoms with van der Waals surface area (Å²) in [6.07, 6.45) is 4.26. The van der Waals surface area contributed by atoms with E-state index in [1.807, 2.05) is 24.0 Å². The number of benzene rings is 1. The van der Waals surface area contributed by atoms with Gasteiger partial charge < -0.3 is 24.3 Å². The van der Waals surface area contributed by atoms with Crippen LogP contribution >= 0.6 is 23.2 Å². The zero-order chi connectivity index (χ0) is 28.6. The van der Waals surface area contributed by atoms with E-state index in [0.717, 1.165) is 42.0 Å². The van der Waals surface area contributed by atoms with Crippen molar-refractivity contribution in [1.29, 1.82) is 5.26 Å². The lowest BCUT2D eigenvalue weighted by Crippen LogP contribution is -2.58. The Morgan fingerprint density at radius 2 is 2.05 bits per heavy atom. The molecule has 1 aromatic heterocycles. The lowest BCUT2D eigenvalue weighted by Gasteiger charge is -2.46. The van der Waals surface area contributed by atoms with Gasteiger partial charge in [-0.15, -0.1) is 0 Å². The molecule has 10 heteroatoms. The lowest BCUT2D eigenvalue weighted by molar-refractivity contribution is -0.128. The van der Waals surface area contributed by atoms with E-state index in [2.05, 4.69) is 41.3 Å². The van der Waals surface area contributed by atoms with Crippen molar-refractivity contribution in [1.82, 2.24) is 14.8 Å². The first kappa shape index (κ1) is 28.5. The monoisotopic (exact) mass is 582 g/mol. The van der Waals surface area contributed by atoms with Gasteiger partial charge >= 0.3 is 0 Å². The average molecular weight is 584 g/mol. The molecule has 0 radical (unpaired) electrons. The van der Waals surface area contributed by atoms with Gasteiger partial charge in [0.2, 0.25) is 11.8 Å². The minimum Gasteiger partial charge on any atom is -0.475 e. The Balaban J connectivity index is 1.55. The van der Waals surface area contributed by atoms with E-state index < -0.39 is 0 Å². The van der Waals surface area contributed by atoms with Crippen LogP contribution in [-0.4, -0.2) is 78.7 Å². The van der Waals surface area contributed by atoms with Crippen molar-refractivity contribution in [3.05, 3.63) is 57.7 Å². The number of carbonyl (C=O) groups excluding carboxylic acids is 1. The first-order chi connectivity index (χ1) is 19.2. The Morgan fingerprint density at radius 3 is 2.75 bits per heavy atom. The number of halogens is 2. The maximum atomic E-state index is 12.5. The highest BCUT2D eigenvalue weighted by molar-refractivity contribution is 6.43. The van der Waals surface area contributed by atoms with E-state index in [1.54, 1.807) is 6.07 Å². The van der Waals surface area contributed by atoms with E-state index in [-0.39, 0.29) is 18.0 Å². The van der Waals surface area contributed by atoms with Crippen LogP contribution in [0.15, 0.2) is 30.9 Å². The number of ether oxygens (including phenoxy) is 1. The minimum atomic E-state index is -0.0741. The van der Waals surface area contributed by atoms with E-state index in [9.17, 15) is 10.1 Å². The molecule has 3 aliphatic rings. The molecule has 3 aliphatic heterocycles. The number of amides is 1. The van der Waals surface area contributed by atoms with Crippen molar-refractivity contribution in [2.45, 2.75) is 57.8 Å². The van der Waals surface area contributed by atoms with E-state index in [0.29, 0.717) is 66.7 Å². The smallest absolute Gasteiger partial charge is 0.246 e. The molecule has 2 saturated heterocycles. The summed E-state index contributed by atoms with van der Waals surface area (Å²) in [5.41, 5.74) is 4.14. The molecule has 212 valence electrons. The molecule has 0 saturated carbocycles. The standard InChI is InChI=1S/C30H36Cl2N6O2/c1-5-27(39)37-15-20(3)38(16-19(37)2)29-22-11-13-36(26-10-6-9-24(31)28(26)32)17-25(22)34-30(23(29)14-33)40-18-21-8-7-12-35(21)4/h5-6,9-10,19-21H,1,7-8,11-13,15-18H2,2-4H3/t19-,20+,21+/m1/s1. The van der Waals surface area contributed by atoms with Crippen LogP contribution in [0.3, 0.4) is 0 Å². The number of piperazine rings is 1. The van der Waals surface area contributed by atoms with Crippen LogP contribution in [0.25, 0.3) is 0 Å². The molecule has 8 nitrogen and oxygen atoms in total. The molecule has 1 aromatic carbocycles. The van der Waals surface area contributed by atoms with Gasteiger partial charge in [0.15, 0.2) is 0 Å². The summed E-state index contributed by atoms with van der Waals surface area (Å²) < 4.78 is 6.36. The number of likely N-dealkylation sites (N-methyl/N-ethyl adjacent to an activating group) is 1. The van der Waals surface area contributed by atoms with Gasteiger partial charge in [0.05, 0.1) is 33.7 Å². The molecular formula is C30H36Cl2N6O2. The highest BCUT2D eigenvalue weighted by Crippen LogP contribution is 2.41. The van der Waals surface area contributed by atoms with Gasteiger partial charge in [-0.25, -0.2) is 4.98 Å². The van der Waals surface area contributed by atoms with E-state index in [4.69, 9.17) is 32.9 Å². The predicted molar refractivity (Wildman–Crippen MR) is 159 cm³/mol. The van der Waals surface area contributed by atoms with Crippen molar-refractivity contribution in [3.63, 3.8) is 0 Å². The molecule has 2 fully saturated rings. The van der Waals surface area contributed by atoms with Crippen LogP contribution in [-0.2, 0) is 17.8 Å². The quantitative estimate of drug-likeness (QED) is 0.448. The van der Waals surface area contributed by atoms with Crippen LogP contribution in [0.1, 0.15) is 43.5 Å². The molecule has 0 bridgehead atoms. The largest absolute Gasteiger partial charge is 0.475 e.